The van der Waals surface area contributed by atoms with Gasteiger partial charge in [-0.2, -0.15) is 0 Å². The summed E-state index contributed by atoms with van der Waals surface area (Å²) in [5, 5.41) is 1.76. The van der Waals surface area contributed by atoms with Crippen LogP contribution in [0.25, 0.3) is 0 Å². The minimum atomic E-state index is -1.65. The molecular formula is C17H14F3NO2S. The molecule has 0 aliphatic heterocycles. The molecule has 1 aliphatic rings. The minimum absolute atomic E-state index is 0.00316. The van der Waals surface area contributed by atoms with Crippen molar-refractivity contribution in [2.75, 3.05) is 11.1 Å². The molecule has 2 atom stereocenters. The van der Waals surface area contributed by atoms with Crippen molar-refractivity contribution >= 4 is 22.4 Å². The zero-order valence-electron chi connectivity index (χ0n) is 12.5. The van der Waals surface area contributed by atoms with Crippen LogP contribution in [0.1, 0.15) is 22.8 Å². The Balaban J connectivity index is 1.71. The van der Waals surface area contributed by atoms with Gasteiger partial charge in [0.1, 0.15) is 23.2 Å². The van der Waals surface area contributed by atoms with Gasteiger partial charge < -0.3 is 5.32 Å². The van der Waals surface area contributed by atoms with Crippen molar-refractivity contribution in [2.24, 2.45) is 0 Å². The summed E-state index contributed by atoms with van der Waals surface area (Å²) in [4.78, 5) is 12.0. The van der Waals surface area contributed by atoms with E-state index in [9.17, 15) is 22.2 Å². The summed E-state index contributed by atoms with van der Waals surface area (Å²) in [5.41, 5.74) is 0.706. The molecule has 126 valence electrons. The molecule has 7 heteroatoms. The molecule has 2 aromatic carbocycles. The van der Waals surface area contributed by atoms with Crippen LogP contribution < -0.4 is 5.32 Å². The van der Waals surface area contributed by atoms with Gasteiger partial charge in [0, 0.05) is 16.9 Å². The van der Waals surface area contributed by atoms with Crippen LogP contribution in [0.4, 0.5) is 18.9 Å². The fraction of sp³-hybridized carbons (Fsp3) is 0.235. The number of para-hydroxylation sites is 1. The van der Waals surface area contributed by atoms with Crippen molar-refractivity contribution in [3.8, 4) is 0 Å². The molecule has 0 saturated heterocycles. The van der Waals surface area contributed by atoms with Crippen molar-refractivity contribution in [1.29, 1.82) is 0 Å². The third-order valence-corrected chi connectivity index (χ3v) is 5.61. The fourth-order valence-corrected chi connectivity index (χ4v) is 4.26. The number of carbonyl (C=O) groups excluding carboxylic acids is 1. The first-order chi connectivity index (χ1) is 11.5. The van der Waals surface area contributed by atoms with Crippen molar-refractivity contribution in [3.05, 3.63) is 65.0 Å². The van der Waals surface area contributed by atoms with E-state index in [1.807, 2.05) is 0 Å². The molecule has 1 N–H and O–H groups in total. The zero-order chi connectivity index (χ0) is 17.3. The molecule has 0 bridgehead atoms. The second-order valence-corrected chi connectivity index (χ2v) is 7.16. The van der Waals surface area contributed by atoms with E-state index < -0.39 is 39.4 Å². The van der Waals surface area contributed by atoms with Crippen molar-refractivity contribution in [3.63, 3.8) is 0 Å². The molecule has 0 heterocycles. The molecule has 0 saturated carbocycles. The highest BCUT2D eigenvalue weighted by atomic mass is 32.2. The average molecular weight is 353 g/mol. The number of nitrogens with one attached hydrogen (secondary N) is 1. The number of carbonyl (C=O) groups is 1. The molecule has 3 nitrogen and oxygen atoms in total. The standard InChI is InChI=1S/C17H14F3NO2S/c18-10-7-12-11(14(20)8-10)5-6-16(12)24(23)9-17(22)21-15-4-2-1-3-13(15)19/h1-4,7-8,16H,5-6,9H2,(H,21,22). The van der Waals surface area contributed by atoms with Crippen LogP contribution in [0.2, 0.25) is 0 Å². The van der Waals surface area contributed by atoms with Crippen molar-refractivity contribution in [2.45, 2.75) is 18.1 Å². The first kappa shape index (κ1) is 16.7. The van der Waals surface area contributed by atoms with E-state index in [2.05, 4.69) is 5.32 Å². The van der Waals surface area contributed by atoms with Crippen LogP contribution in [0, 0.1) is 17.5 Å². The number of anilines is 1. The molecule has 0 spiro atoms. The normalized spacial score (nSPS) is 17.4. The average Bonchev–Trinajstić information content (AvgIpc) is 2.93. The molecule has 0 aromatic heterocycles. The summed E-state index contributed by atoms with van der Waals surface area (Å²) in [7, 11) is -1.65. The monoisotopic (exact) mass is 353 g/mol. The fourth-order valence-electron chi connectivity index (χ4n) is 2.86. The first-order valence-corrected chi connectivity index (χ1v) is 8.73. The highest BCUT2D eigenvalue weighted by Crippen LogP contribution is 2.37. The van der Waals surface area contributed by atoms with E-state index in [4.69, 9.17) is 0 Å². The van der Waals surface area contributed by atoms with Crippen LogP contribution >= 0.6 is 0 Å². The number of hydrogen-bond donors (Lipinski definition) is 1. The van der Waals surface area contributed by atoms with Crippen LogP contribution in [0.3, 0.4) is 0 Å². The highest BCUT2D eigenvalue weighted by molar-refractivity contribution is 7.86. The molecule has 24 heavy (non-hydrogen) atoms. The van der Waals surface area contributed by atoms with Gasteiger partial charge in [-0.05, 0) is 42.2 Å². The van der Waals surface area contributed by atoms with E-state index >= 15 is 0 Å². The molecule has 0 radical (unpaired) electrons. The second-order valence-electron chi connectivity index (χ2n) is 5.54. The van der Waals surface area contributed by atoms with Crippen LogP contribution in [0.5, 0.6) is 0 Å². The minimum Gasteiger partial charge on any atom is -0.323 e. The number of benzene rings is 2. The predicted octanol–water partition coefficient (Wildman–Crippen LogP) is 3.48. The summed E-state index contributed by atoms with van der Waals surface area (Å²) in [6, 6.07) is 7.62. The Hall–Kier alpha value is -2.15. The van der Waals surface area contributed by atoms with E-state index in [0.717, 1.165) is 6.07 Å². The van der Waals surface area contributed by atoms with E-state index in [1.54, 1.807) is 6.07 Å². The van der Waals surface area contributed by atoms with Gasteiger partial charge >= 0.3 is 0 Å². The largest absolute Gasteiger partial charge is 0.323 e. The molecule has 1 aliphatic carbocycles. The maximum Gasteiger partial charge on any atom is 0.237 e. The number of amides is 1. The number of rotatable bonds is 4. The lowest BCUT2D eigenvalue weighted by Crippen LogP contribution is -2.22. The molecule has 2 unspecified atom stereocenters. The summed E-state index contributed by atoms with van der Waals surface area (Å²) < 4.78 is 53.0. The third kappa shape index (κ3) is 3.36. The maximum absolute atomic E-state index is 13.7. The topological polar surface area (TPSA) is 46.2 Å². The van der Waals surface area contributed by atoms with E-state index in [-0.39, 0.29) is 11.4 Å². The quantitative estimate of drug-likeness (QED) is 0.915. The SMILES string of the molecule is O=C(CS(=O)C1CCc2c(F)cc(F)cc21)Nc1ccccc1F. The van der Waals surface area contributed by atoms with Crippen molar-refractivity contribution in [1.82, 2.24) is 0 Å². The van der Waals surface area contributed by atoms with Gasteiger partial charge in [0.25, 0.3) is 0 Å². The van der Waals surface area contributed by atoms with E-state index in [0.29, 0.717) is 24.0 Å². The molecule has 1 amide bonds. The predicted molar refractivity (Wildman–Crippen MR) is 85.5 cm³/mol. The van der Waals surface area contributed by atoms with Crippen LogP contribution in [-0.4, -0.2) is 15.9 Å². The van der Waals surface area contributed by atoms with E-state index in [1.165, 1.54) is 24.3 Å². The van der Waals surface area contributed by atoms with Crippen molar-refractivity contribution < 1.29 is 22.2 Å². The summed E-state index contributed by atoms with van der Waals surface area (Å²) in [5.74, 6) is -2.95. The third-order valence-electron chi connectivity index (χ3n) is 3.94. The number of hydrogen-bond acceptors (Lipinski definition) is 2. The summed E-state index contributed by atoms with van der Waals surface area (Å²) in [6.45, 7) is 0. The second kappa shape index (κ2) is 6.76. The van der Waals surface area contributed by atoms with Crippen LogP contribution in [0.15, 0.2) is 36.4 Å². The Morgan fingerprint density at radius 2 is 1.92 bits per heavy atom. The lowest BCUT2D eigenvalue weighted by molar-refractivity contribution is -0.113. The smallest absolute Gasteiger partial charge is 0.237 e. The molecule has 3 rings (SSSR count). The summed E-state index contributed by atoms with van der Waals surface area (Å²) >= 11 is 0. The Bertz CT molecular complexity index is 825. The van der Waals surface area contributed by atoms with Gasteiger partial charge in [-0.3, -0.25) is 9.00 Å². The lowest BCUT2D eigenvalue weighted by Gasteiger charge is -2.12. The Morgan fingerprint density at radius 1 is 1.17 bits per heavy atom. The number of fused-ring (bicyclic) bond motifs is 1. The number of halogens is 3. The van der Waals surface area contributed by atoms with Gasteiger partial charge in [-0.1, -0.05) is 12.1 Å². The Labute approximate surface area is 139 Å². The lowest BCUT2D eigenvalue weighted by atomic mass is 10.1. The van der Waals surface area contributed by atoms with Gasteiger partial charge in [0.15, 0.2) is 0 Å². The van der Waals surface area contributed by atoms with Gasteiger partial charge in [0.05, 0.1) is 10.9 Å². The molecular weight excluding hydrogens is 339 g/mol. The summed E-state index contributed by atoms with van der Waals surface area (Å²) in [6.07, 6.45) is 0.738. The highest BCUT2D eigenvalue weighted by Gasteiger charge is 2.31. The molecule has 0 fully saturated rings. The molecule has 2 aromatic rings. The first-order valence-electron chi connectivity index (χ1n) is 7.35. The Morgan fingerprint density at radius 3 is 2.67 bits per heavy atom. The zero-order valence-corrected chi connectivity index (χ0v) is 13.3. The van der Waals surface area contributed by atoms with Gasteiger partial charge in [-0.15, -0.1) is 0 Å². The van der Waals surface area contributed by atoms with Gasteiger partial charge in [-0.25, -0.2) is 13.2 Å². The Kier molecular flexibility index (Phi) is 4.71. The maximum atomic E-state index is 13.7. The van der Waals surface area contributed by atoms with Gasteiger partial charge in [0.2, 0.25) is 5.91 Å². The van der Waals surface area contributed by atoms with Crippen LogP contribution in [-0.2, 0) is 22.0 Å².